The summed E-state index contributed by atoms with van der Waals surface area (Å²) in [6.45, 7) is 1.74. The zero-order chi connectivity index (χ0) is 19.9. The van der Waals surface area contributed by atoms with Gasteiger partial charge >= 0.3 is 0 Å². The molecule has 1 aliphatic rings. The number of carbonyl (C=O) groups is 1. The lowest BCUT2D eigenvalue weighted by molar-refractivity contribution is 0.0961. The number of aromatic nitrogens is 2. The van der Waals surface area contributed by atoms with Gasteiger partial charge in [-0.1, -0.05) is 36.4 Å². The minimum absolute atomic E-state index is 0.0873. The van der Waals surface area contributed by atoms with Crippen molar-refractivity contribution >= 4 is 21.6 Å². The first-order valence-corrected chi connectivity index (χ1v) is 10.4. The quantitative estimate of drug-likeness (QED) is 0.733. The number of nitrogens with zero attached hydrogens (tertiary/aromatic N) is 2. The number of fused-ring (bicyclic) bond motifs is 1. The van der Waals surface area contributed by atoms with Gasteiger partial charge in [0.25, 0.3) is 0 Å². The molecule has 0 fully saturated rings. The average Bonchev–Trinajstić information content (AvgIpc) is 2.67. The zero-order valence-electron chi connectivity index (χ0n) is 15.3. The van der Waals surface area contributed by atoms with Crippen molar-refractivity contribution in [3.05, 3.63) is 77.1 Å². The molecule has 6 nitrogen and oxygen atoms in total. The second-order valence-corrected chi connectivity index (χ2v) is 8.79. The largest absolute Gasteiger partial charge is 0.368 e. The number of nitrogen functional groups attached to an aromatic ring is 1. The van der Waals surface area contributed by atoms with E-state index in [0.717, 1.165) is 0 Å². The summed E-state index contributed by atoms with van der Waals surface area (Å²) in [4.78, 5) is 21.5. The van der Waals surface area contributed by atoms with E-state index >= 15 is 0 Å². The predicted molar refractivity (Wildman–Crippen MR) is 105 cm³/mol. The number of rotatable bonds is 3. The Kier molecular flexibility index (Phi) is 4.47. The van der Waals surface area contributed by atoms with Crippen molar-refractivity contribution in [1.29, 1.82) is 0 Å². The second kappa shape index (κ2) is 6.83. The highest BCUT2D eigenvalue weighted by molar-refractivity contribution is 7.91. The Hall–Kier alpha value is -3.06. The molecule has 3 aromatic rings. The summed E-state index contributed by atoms with van der Waals surface area (Å²) in [5.74, 6) is -0.256. The maximum atomic E-state index is 13.2. The molecule has 1 unspecified atom stereocenters. The van der Waals surface area contributed by atoms with E-state index in [-0.39, 0.29) is 33.9 Å². The highest BCUT2D eigenvalue weighted by atomic mass is 32.2. The van der Waals surface area contributed by atoms with Crippen molar-refractivity contribution in [2.24, 2.45) is 0 Å². The van der Waals surface area contributed by atoms with Gasteiger partial charge in [-0.05, 0) is 43.0 Å². The number of Topliss-reactive ketones (excluding diaryl/α,β-unsaturated/α-hetero) is 1. The van der Waals surface area contributed by atoms with Gasteiger partial charge in [-0.15, -0.1) is 0 Å². The van der Waals surface area contributed by atoms with Crippen LogP contribution < -0.4 is 5.73 Å². The third-order valence-electron chi connectivity index (χ3n) is 5.03. The topological polar surface area (TPSA) is 103 Å². The lowest BCUT2D eigenvalue weighted by atomic mass is 9.81. The number of nitrogens with two attached hydrogens (primary N) is 1. The molecule has 4 rings (SSSR count). The van der Waals surface area contributed by atoms with Crippen LogP contribution in [-0.4, -0.2) is 24.2 Å². The standard InChI is InChI=1S/C21H19N3O3S/c1-13-20-17(24-21(22)23-13)11-14(12-18(20)25)16-9-5-6-10-19(16)28(26,27)15-7-3-2-4-8-15/h2-10,14H,11-12H2,1H3,(H2,22,23,24). The van der Waals surface area contributed by atoms with Crippen molar-refractivity contribution in [2.75, 3.05) is 5.73 Å². The monoisotopic (exact) mass is 393 g/mol. The lowest BCUT2D eigenvalue weighted by Crippen LogP contribution is -2.24. The van der Waals surface area contributed by atoms with Crippen molar-refractivity contribution in [3.63, 3.8) is 0 Å². The molecule has 0 radical (unpaired) electrons. The summed E-state index contributed by atoms with van der Waals surface area (Å²) in [5, 5.41) is 0. The van der Waals surface area contributed by atoms with Crippen LogP contribution in [0.3, 0.4) is 0 Å². The Morgan fingerprint density at radius 1 is 0.964 bits per heavy atom. The first-order chi connectivity index (χ1) is 13.4. The molecule has 0 saturated carbocycles. The van der Waals surface area contributed by atoms with E-state index in [2.05, 4.69) is 9.97 Å². The molecule has 0 spiro atoms. The lowest BCUT2D eigenvalue weighted by Gasteiger charge is -2.25. The molecule has 1 aliphatic carbocycles. The molecule has 142 valence electrons. The highest BCUT2D eigenvalue weighted by Crippen LogP contribution is 2.37. The van der Waals surface area contributed by atoms with Gasteiger partial charge in [0.2, 0.25) is 15.8 Å². The van der Waals surface area contributed by atoms with Crippen molar-refractivity contribution in [3.8, 4) is 0 Å². The average molecular weight is 393 g/mol. The third kappa shape index (κ3) is 3.07. The maximum Gasteiger partial charge on any atom is 0.220 e. The van der Waals surface area contributed by atoms with E-state index in [9.17, 15) is 13.2 Å². The van der Waals surface area contributed by atoms with Crippen LogP contribution in [0.25, 0.3) is 0 Å². The van der Waals surface area contributed by atoms with E-state index in [1.165, 1.54) is 0 Å². The van der Waals surface area contributed by atoms with Gasteiger partial charge in [0, 0.05) is 6.42 Å². The minimum Gasteiger partial charge on any atom is -0.368 e. The Balaban J connectivity index is 1.81. The molecule has 0 saturated heterocycles. The number of hydrogen-bond donors (Lipinski definition) is 1. The molecule has 1 atom stereocenters. The van der Waals surface area contributed by atoms with Crippen LogP contribution in [0.15, 0.2) is 64.4 Å². The van der Waals surface area contributed by atoms with E-state index in [1.807, 2.05) is 0 Å². The number of carbonyl (C=O) groups excluding carboxylic acids is 1. The molecular formula is C21H19N3O3S. The van der Waals surface area contributed by atoms with Crippen molar-refractivity contribution < 1.29 is 13.2 Å². The van der Waals surface area contributed by atoms with E-state index in [0.29, 0.717) is 28.9 Å². The first-order valence-electron chi connectivity index (χ1n) is 8.93. The van der Waals surface area contributed by atoms with Crippen LogP contribution in [0, 0.1) is 6.92 Å². The fraction of sp³-hybridized carbons (Fsp3) is 0.190. The highest BCUT2D eigenvalue weighted by Gasteiger charge is 2.33. The van der Waals surface area contributed by atoms with E-state index in [1.54, 1.807) is 61.5 Å². The smallest absolute Gasteiger partial charge is 0.220 e. The number of sulfone groups is 1. The van der Waals surface area contributed by atoms with Gasteiger partial charge in [0.05, 0.1) is 26.7 Å². The molecule has 2 aromatic carbocycles. The number of anilines is 1. The Bertz CT molecular complexity index is 1170. The Labute approximate surface area is 163 Å². The Morgan fingerprint density at radius 3 is 2.39 bits per heavy atom. The van der Waals surface area contributed by atoms with E-state index < -0.39 is 9.84 Å². The predicted octanol–water partition coefficient (Wildman–Crippen LogP) is 3.11. The van der Waals surface area contributed by atoms with Gasteiger partial charge in [-0.2, -0.15) is 0 Å². The number of aryl methyl sites for hydroxylation is 1. The van der Waals surface area contributed by atoms with E-state index in [4.69, 9.17) is 5.73 Å². The second-order valence-electron chi connectivity index (χ2n) is 6.87. The first kappa shape index (κ1) is 18.3. The molecule has 0 amide bonds. The minimum atomic E-state index is -3.70. The van der Waals surface area contributed by atoms with Crippen LogP contribution in [0.1, 0.15) is 39.6 Å². The summed E-state index contributed by atoms with van der Waals surface area (Å²) in [7, 11) is -3.70. The Morgan fingerprint density at radius 2 is 1.64 bits per heavy atom. The summed E-state index contributed by atoms with van der Waals surface area (Å²) in [5.41, 5.74) is 8.04. The summed E-state index contributed by atoms with van der Waals surface area (Å²) in [6, 6.07) is 15.2. The van der Waals surface area contributed by atoms with Crippen LogP contribution in [0.4, 0.5) is 5.95 Å². The maximum absolute atomic E-state index is 13.2. The van der Waals surface area contributed by atoms with Crippen LogP contribution in [0.2, 0.25) is 0 Å². The molecule has 2 N–H and O–H groups in total. The van der Waals surface area contributed by atoms with Gasteiger partial charge in [-0.3, -0.25) is 4.79 Å². The van der Waals surface area contributed by atoms with Crippen molar-refractivity contribution in [2.45, 2.75) is 35.5 Å². The fourth-order valence-corrected chi connectivity index (χ4v) is 5.38. The van der Waals surface area contributed by atoms with Crippen LogP contribution in [-0.2, 0) is 16.3 Å². The van der Waals surface area contributed by atoms with Crippen LogP contribution >= 0.6 is 0 Å². The normalized spacial score (nSPS) is 16.6. The molecular weight excluding hydrogens is 374 g/mol. The number of ketones is 1. The third-order valence-corrected chi connectivity index (χ3v) is 6.88. The molecule has 28 heavy (non-hydrogen) atoms. The summed E-state index contributed by atoms with van der Waals surface area (Å²) in [6.07, 6.45) is 0.651. The molecule has 0 bridgehead atoms. The van der Waals surface area contributed by atoms with Crippen molar-refractivity contribution in [1.82, 2.24) is 9.97 Å². The molecule has 7 heteroatoms. The summed E-state index contributed by atoms with van der Waals surface area (Å²) >= 11 is 0. The van der Waals surface area contributed by atoms with Gasteiger partial charge in [0.1, 0.15) is 0 Å². The number of hydrogen-bond acceptors (Lipinski definition) is 6. The fourth-order valence-electron chi connectivity index (χ4n) is 3.81. The van der Waals surface area contributed by atoms with Gasteiger partial charge < -0.3 is 5.73 Å². The molecule has 1 aromatic heterocycles. The van der Waals surface area contributed by atoms with Gasteiger partial charge in [-0.25, -0.2) is 18.4 Å². The number of benzene rings is 2. The summed E-state index contributed by atoms with van der Waals surface area (Å²) < 4.78 is 26.4. The molecule has 1 heterocycles. The zero-order valence-corrected chi connectivity index (χ0v) is 16.1. The van der Waals surface area contributed by atoms with Crippen LogP contribution in [0.5, 0.6) is 0 Å². The SMILES string of the molecule is Cc1nc(N)nc2c1C(=O)CC(c1ccccc1S(=O)(=O)c1ccccc1)C2. The van der Waals surface area contributed by atoms with Gasteiger partial charge in [0.15, 0.2) is 5.78 Å². The molecule has 0 aliphatic heterocycles.